The molecule has 0 bridgehead atoms. The van der Waals surface area contributed by atoms with Crippen molar-refractivity contribution >= 4 is 10.9 Å². The fraction of sp³-hybridized carbons (Fsp3) is 0.280. The van der Waals surface area contributed by atoms with E-state index in [0.717, 1.165) is 48.8 Å². The Hall–Kier alpha value is -3.14. The molecule has 1 N–H and O–H groups in total. The summed E-state index contributed by atoms with van der Waals surface area (Å²) in [5.74, 6) is 1.46. The maximum Gasteiger partial charge on any atom is 0.145 e. The van der Waals surface area contributed by atoms with Crippen LogP contribution in [0.1, 0.15) is 41.1 Å². The third-order valence-electron chi connectivity index (χ3n) is 5.88. The van der Waals surface area contributed by atoms with Crippen LogP contribution in [0.25, 0.3) is 10.9 Å². The minimum absolute atomic E-state index is 0.620. The lowest BCUT2D eigenvalue weighted by atomic mass is 9.98. The maximum absolute atomic E-state index is 5.98. The fourth-order valence-electron chi connectivity index (χ4n) is 4.34. The number of hydrogen-bond acceptors (Lipinski definition) is 3. The minimum Gasteiger partial charge on any atom is -0.491 e. The molecule has 0 spiro atoms. The number of ether oxygens (including phenoxy) is 1. The zero-order valence-electron chi connectivity index (χ0n) is 16.5. The Labute approximate surface area is 171 Å². The van der Waals surface area contributed by atoms with E-state index in [1.807, 2.05) is 24.4 Å². The second kappa shape index (κ2) is 8.08. The molecule has 0 aliphatic heterocycles. The number of benzene rings is 2. The molecule has 2 aromatic carbocycles. The summed E-state index contributed by atoms with van der Waals surface area (Å²) in [5.41, 5.74) is 6.68. The number of H-pyrrole nitrogens is 1. The van der Waals surface area contributed by atoms with Gasteiger partial charge in [0, 0.05) is 23.5 Å². The molecule has 4 aromatic rings. The van der Waals surface area contributed by atoms with Crippen molar-refractivity contribution in [1.29, 1.82) is 0 Å². The number of rotatable bonds is 7. The predicted octanol–water partition coefficient (Wildman–Crippen LogP) is 5.24. The summed E-state index contributed by atoms with van der Waals surface area (Å²) in [6.07, 6.45) is 11.1. The first-order valence-electron chi connectivity index (χ1n) is 10.4. The molecule has 4 nitrogen and oxygen atoms in total. The second-order valence-corrected chi connectivity index (χ2v) is 7.85. The van der Waals surface area contributed by atoms with Gasteiger partial charge < -0.3 is 9.72 Å². The number of aromatic nitrogens is 3. The number of hydrogen-bond donors (Lipinski definition) is 1. The van der Waals surface area contributed by atoms with Gasteiger partial charge in [-0.3, -0.25) is 0 Å². The van der Waals surface area contributed by atoms with Crippen LogP contribution in [0.2, 0.25) is 0 Å². The lowest BCUT2D eigenvalue weighted by Crippen LogP contribution is -2.00. The first kappa shape index (κ1) is 17.9. The molecule has 0 saturated carbocycles. The van der Waals surface area contributed by atoms with E-state index in [9.17, 15) is 0 Å². The Bertz CT molecular complexity index is 1090. The van der Waals surface area contributed by atoms with Gasteiger partial charge in [0.2, 0.25) is 0 Å². The number of nitrogens with one attached hydrogen (secondary N) is 1. The van der Waals surface area contributed by atoms with Crippen LogP contribution in [0.3, 0.4) is 0 Å². The Morgan fingerprint density at radius 3 is 2.72 bits per heavy atom. The molecule has 0 unspecified atom stereocenters. The van der Waals surface area contributed by atoms with Crippen molar-refractivity contribution in [3.8, 4) is 5.75 Å². The highest BCUT2D eigenvalue weighted by Gasteiger charge is 2.23. The van der Waals surface area contributed by atoms with Crippen LogP contribution in [-0.2, 0) is 19.3 Å². The van der Waals surface area contributed by atoms with Gasteiger partial charge in [0.25, 0.3) is 0 Å². The standard InChI is InChI=1S/C25H25N3O/c1-2-7-19-13-21(12-18(19)6-1)22-14-23(27-16-22)9-3-4-11-29-24-10-5-8-20-15-26-17-28-25(20)24/h1-2,5-8,10,14-17,21,27H,3-4,9,11-13H2. The number of aromatic amines is 1. The van der Waals surface area contributed by atoms with Crippen LogP contribution in [-0.4, -0.2) is 21.6 Å². The highest BCUT2D eigenvalue weighted by atomic mass is 16.5. The predicted molar refractivity (Wildman–Crippen MR) is 115 cm³/mol. The van der Waals surface area contributed by atoms with Gasteiger partial charge in [0.05, 0.1) is 6.61 Å². The maximum atomic E-state index is 5.98. The molecule has 0 atom stereocenters. The first-order valence-corrected chi connectivity index (χ1v) is 10.4. The van der Waals surface area contributed by atoms with Gasteiger partial charge in [-0.2, -0.15) is 0 Å². The van der Waals surface area contributed by atoms with E-state index in [-0.39, 0.29) is 0 Å². The molecular weight excluding hydrogens is 358 g/mol. The Morgan fingerprint density at radius 2 is 1.86 bits per heavy atom. The van der Waals surface area contributed by atoms with Crippen LogP contribution in [0.15, 0.2) is 67.3 Å². The van der Waals surface area contributed by atoms with E-state index in [2.05, 4.69) is 51.5 Å². The second-order valence-electron chi connectivity index (χ2n) is 7.85. The molecule has 0 saturated heterocycles. The van der Waals surface area contributed by atoms with Crippen LogP contribution in [0.5, 0.6) is 5.75 Å². The summed E-state index contributed by atoms with van der Waals surface area (Å²) in [5, 5.41) is 1.01. The van der Waals surface area contributed by atoms with Gasteiger partial charge >= 0.3 is 0 Å². The van der Waals surface area contributed by atoms with E-state index in [0.29, 0.717) is 12.5 Å². The molecule has 0 radical (unpaired) electrons. The number of para-hydroxylation sites is 1. The van der Waals surface area contributed by atoms with Gasteiger partial charge in [-0.25, -0.2) is 9.97 Å². The highest BCUT2D eigenvalue weighted by molar-refractivity contribution is 5.83. The van der Waals surface area contributed by atoms with E-state index >= 15 is 0 Å². The van der Waals surface area contributed by atoms with Crippen LogP contribution in [0, 0.1) is 0 Å². The number of aryl methyl sites for hydroxylation is 1. The van der Waals surface area contributed by atoms with E-state index in [4.69, 9.17) is 4.74 Å². The third kappa shape index (κ3) is 3.88. The molecular formula is C25H25N3O. The zero-order chi connectivity index (χ0) is 19.5. The first-order chi connectivity index (χ1) is 14.4. The fourth-order valence-corrected chi connectivity index (χ4v) is 4.34. The number of fused-ring (bicyclic) bond motifs is 2. The normalized spacial score (nSPS) is 13.7. The minimum atomic E-state index is 0.620. The summed E-state index contributed by atoms with van der Waals surface area (Å²) in [7, 11) is 0. The van der Waals surface area contributed by atoms with Crippen LogP contribution >= 0.6 is 0 Å². The third-order valence-corrected chi connectivity index (χ3v) is 5.88. The van der Waals surface area contributed by atoms with Crippen molar-refractivity contribution in [2.24, 2.45) is 0 Å². The Balaban J connectivity index is 1.11. The van der Waals surface area contributed by atoms with Crippen molar-refractivity contribution in [2.75, 3.05) is 6.61 Å². The lowest BCUT2D eigenvalue weighted by molar-refractivity contribution is 0.309. The Kier molecular flexibility index (Phi) is 4.99. The molecule has 2 aromatic heterocycles. The molecule has 1 aliphatic rings. The molecule has 146 valence electrons. The van der Waals surface area contributed by atoms with Crippen molar-refractivity contribution in [3.63, 3.8) is 0 Å². The topological polar surface area (TPSA) is 50.8 Å². The van der Waals surface area contributed by atoms with Gasteiger partial charge in [-0.05, 0) is 66.8 Å². The SMILES string of the molecule is c1ccc2c(c1)CC(c1c[nH]c(CCCCOc3cccc4cncnc34)c1)C2. The van der Waals surface area contributed by atoms with Crippen molar-refractivity contribution < 1.29 is 4.74 Å². The van der Waals surface area contributed by atoms with Crippen molar-refractivity contribution in [1.82, 2.24) is 15.0 Å². The summed E-state index contributed by atoms with van der Waals surface area (Å²) < 4.78 is 5.98. The summed E-state index contributed by atoms with van der Waals surface area (Å²) >= 11 is 0. The monoisotopic (exact) mass is 383 g/mol. The summed E-state index contributed by atoms with van der Waals surface area (Å²) in [6, 6.07) is 17.2. The molecule has 5 rings (SSSR count). The summed E-state index contributed by atoms with van der Waals surface area (Å²) in [6.45, 7) is 0.703. The smallest absolute Gasteiger partial charge is 0.145 e. The van der Waals surface area contributed by atoms with Gasteiger partial charge in [-0.15, -0.1) is 0 Å². The average Bonchev–Trinajstić information content (AvgIpc) is 3.40. The zero-order valence-corrected chi connectivity index (χ0v) is 16.5. The molecule has 4 heteroatoms. The van der Waals surface area contributed by atoms with Crippen LogP contribution in [0.4, 0.5) is 0 Å². The highest BCUT2D eigenvalue weighted by Crippen LogP contribution is 2.34. The largest absolute Gasteiger partial charge is 0.491 e. The molecule has 1 aliphatic carbocycles. The molecule has 29 heavy (non-hydrogen) atoms. The van der Waals surface area contributed by atoms with Crippen molar-refractivity contribution in [3.05, 3.63) is 89.6 Å². The van der Waals surface area contributed by atoms with E-state index < -0.39 is 0 Å². The molecule has 0 fully saturated rings. The number of nitrogens with zero attached hydrogens (tertiary/aromatic N) is 2. The summed E-state index contributed by atoms with van der Waals surface area (Å²) in [4.78, 5) is 11.9. The van der Waals surface area contributed by atoms with E-state index in [1.54, 1.807) is 6.33 Å². The van der Waals surface area contributed by atoms with Gasteiger partial charge in [0.15, 0.2) is 0 Å². The quantitative estimate of drug-likeness (QED) is 0.444. The van der Waals surface area contributed by atoms with Crippen LogP contribution < -0.4 is 4.74 Å². The lowest BCUT2D eigenvalue weighted by Gasteiger charge is -2.08. The van der Waals surface area contributed by atoms with Gasteiger partial charge in [-0.1, -0.05) is 36.4 Å². The average molecular weight is 383 g/mol. The van der Waals surface area contributed by atoms with E-state index in [1.165, 1.54) is 22.4 Å². The molecule has 2 heterocycles. The Morgan fingerprint density at radius 1 is 1.00 bits per heavy atom. The van der Waals surface area contributed by atoms with Gasteiger partial charge in [0.1, 0.15) is 17.6 Å². The number of unbranched alkanes of at least 4 members (excludes halogenated alkanes) is 1. The molecule has 0 amide bonds. The van der Waals surface area contributed by atoms with Crippen molar-refractivity contribution in [2.45, 2.75) is 38.0 Å².